The van der Waals surface area contributed by atoms with Gasteiger partial charge in [-0.05, 0) is 36.6 Å². The zero-order chi connectivity index (χ0) is 13.9. The van der Waals surface area contributed by atoms with Crippen LogP contribution in [0.1, 0.15) is 25.3 Å². The number of hydrogen-bond donors (Lipinski definition) is 2. The molecule has 0 amide bonds. The van der Waals surface area contributed by atoms with Gasteiger partial charge < -0.3 is 15.2 Å². The average Bonchev–Trinajstić information content (AvgIpc) is 3.27. The van der Waals surface area contributed by atoms with E-state index in [-0.39, 0.29) is 0 Å². The number of hydrogen-bond acceptors (Lipinski definition) is 3. The van der Waals surface area contributed by atoms with Gasteiger partial charge in [0.05, 0.1) is 6.10 Å². The molecule has 106 valence electrons. The Bertz CT molecular complexity index is 591. The molecule has 0 radical (unpaired) electrons. The van der Waals surface area contributed by atoms with Crippen LogP contribution in [-0.4, -0.2) is 23.9 Å². The maximum Gasteiger partial charge on any atom is 0.124 e. The van der Waals surface area contributed by atoms with Crippen molar-refractivity contribution in [3.05, 3.63) is 42.0 Å². The Balaban J connectivity index is 1.91. The Morgan fingerprint density at radius 2 is 2.05 bits per heavy atom. The number of aliphatic hydroxyl groups excluding tert-OH is 1. The lowest BCUT2D eigenvalue weighted by molar-refractivity contribution is 0.122. The molecule has 2 aromatic rings. The van der Waals surface area contributed by atoms with Crippen LogP contribution in [0.15, 0.2) is 36.4 Å². The van der Waals surface area contributed by atoms with Crippen LogP contribution in [0.2, 0.25) is 0 Å². The van der Waals surface area contributed by atoms with Gasteiger partial charge in [0.1, 0.15) is 12.4 Å². The Hall–Kier alpha value is -1.58. The molecule has 0 aromatic heterocycles. The second-order valence-corrected chi connectivity index (χ2v) is 5.58. The van der Waals surface area contributed by atoms with Crippen molar-refractivity contribution >= 4 is 10.8 Å². The van der Waals surface area contributed by atoms with E-state index in [1.165, 1.54) is 29.2 Å². The van der Waals surface area contributed by atoms with Crippen LogP contribution in [0, 0.1) is 0 Å². The highest BCUT2D eigenvalue weighted by molar-refractivity contribution is 5.87. The molecule has 0 heterocycles. The topological polar surface area (TPSA) is 41.5 Å². The third-order valence-corrected chi connectivity index (χ3v) is 3.62. The normalized spacial score (nSPS) is 16.3. The van der Waals surface area contributed by atoms with E-state index in [0.29, 0.717) is 12.6 Å². The number of ether oxygens (including phenoxy) is 1. The van der Waals surface area contributed by atoms with Crippen LogP contribution in [-0.2, 0) is 6.54 Å². The molecule has 0 saturated heterocycles. The Morgan fingerprint density at radius 3 is 2.80 bits per heavy atom. The molecule has 0 aliphatic heterocycles. The average molecular weight is 271 g/mol. The number of nitrogens with one attached hydrogen (secondary N) is 1. The zero-order valence-corrected chi connectivity index (χ0v) is 11.8. The maximum absolute atomic E-state index is 9.41. The van der Waals surface area contributed by atoms with E-state index in [1.54, 1.807) is 6.92 Å². The van der Waals surface area contributed by atoms with Crippen molar-refractivity contribution in [2.24, 2.45) is 0 Å². The second-order valence-electron chi connectivity index (χ2n) is 5.58. The lowest BCUT2D eigenvalue weighted by Crippen LogP contribution is -2.18. The smallest absolute Gasteiger partial charge is 0.124 e. The van der Waals surface area contributed by atoms with Crippen molar-refractivity contribution in [3.63, 3.8) is 0 Å². The minimum atomic E-state index is -0.453. The minimum absolute atomic E-state index is 0.328. The molecule has 1 unspecified atom stereocenters. The molecule has 3 rings (SSSR count). The van der Waals surface area contributed by atoms with Crippen molar-refractivity contribution in [2.75, 3.05) is 6.61 Å². The molecule has 1 atom stereocenters. The summed E-state index contributed by atoms with van der Waals surface area (Å²) in [7, 11) is 0. The van der Waals surface area contributed by atoms with E-state index in [9.17, 15) is 5.11 Å². The Morgan fingerprint density at radius 1 is 1.25 bits per heavy atom. The Kier molecular flexibility index (Phi) is 3.90. The summed E-state index contributed by atoms with van der Waals surface area (Å²) in [4.78, 5) is 0. The zero-order valence-electron chi connectivity index (χ0n) is 11.8. The largest absolute Gasteiger partial charge is 0.491 e. The monoisotopic (exact) mass is 271 g/mol. The molecular weight excluding hydrogens is 250 g/mol. The van der Waals surface area contributed by atoms with Crippen LogP contribution >= 0.6 is 0 Å². The fourth-order valence-corrected chi connectivity index (χ4v) is 2.38. The quantitative estimate of drug-likeness (QED) is 0.849. The molecule has 1 saturated carbocycles. The van der Waals surface area contributed by atoms with Gasteiger partial charge in [0, 0.05) is 18.2 Å². The molecule has 20 heavy (non-hydrogen) atoms. The number of rotatable bonds is 6. The van der Waals surface area contributed by atoms with Gasteiger partial charge >= 0.3 is 0 Å². The van der Waals surface area contributed by atoms with Crippen molar-refractivity contribution in [1.29, 1.82) is 0 Å². The van der Waals surface area contributed by atoms with E-state index >= 15 is 0 Å². The van der Waals surface area contributed by atoms with Crippen molar-refractivity contribution in [3.8, 4) is 5.75 Å². The molecule has 1 fully saturated rings. The highest BCUT2D eigenvalue weighted by atomic mass is 16.5. The summed E-state index contributed by atoms with van der Waals surface area (Å²) >= 11 is 0. The van der Waals surface area contributed by atoms with E-state index in [0.717, 1.165) is 12.3 Å². The highest BCUT2D eigenvalue weighted by Gasteiger charge is 2.21. The second kappa shape index (κ2) is 5.81. The molecule has 1 aliphatic rings. The van der Waals surface area contributed by atoms with Crippen LogP contribution in [0.3, 0.4) is 0 Å². The summed E-state index contributed by atoms with van der Waals surface area (Å²) < 4.78 is 5.77. The van der Waals surface area contributed by atoms with Gasteiger partial charge in [-0.2, -0.15) is 0 Å². The molecule has 2 N–H and O–H groups in total. The van der Waals surface area contributed by atoms with E-state index in [2.05, 4.69) is 35.6 Å². The van der Waals surface area contributed by atoms with Gasteiger partial charge in [0.25, 0.3) is 0 Å². The lowest BCUT2D eigenvalue weighted by atomic mass is 10.0. The predicted octanol–water partition coefficient (Wildman–Crippen LogP) is 2.85. The SMILES string of the molecule is CC(O)COc1ccc2ccccc2c1CNC1CC1. The summed E-state index contributed by atoms with van der Waals surface area (Å²) in [5.74, 6) is 0.873. The molecule has 2 aromatic carbocycles. The summed E-state index contributed by atoms with van der Waals surface area (Å²) in [6, 6.07) is 13.1. The van der Waals surface area contributed by atoms with Crippen LogP contribution in [0.25, 0.3) is 10.8 Å². The molecule has 1 aliphatic carbocycles. The van der Waals surface area contributed by atoms with E-state index in [4.69, 9.17) is 4.74 Å². The highest BCUT2D eigenvalue weighted by Crippen LogP contribution is 2.29. The van der Waals surface area contributed by atoms with Gasteiger partial charge in [-0.3, -0.25) is 0 Å². The van der Waals surface area contributed by atoms with Crippen LogP contribution in [0.5, 0.6) is 5.75 Å². The first-order valence-corrected chi connectivity index (χ1v) is 7.29. The van der Waals surface area contributed by atoms with E-state index < -0.39 is 6.10 Å². The van der Waals surface area contributed by atoms with Gasteiger partial charge in [-0.1, -0.05) is 30.3 Å². The molecular formula is C17H21NO2. The number of aliphatic hydroxyl groups is 1. The van der Waals surface area contributed by atoms with Gasteiger partial charge in [-0.25, -0.2) is 0 Å². The predicted molar refractivity (Wildman–Crippen MR) is 81.0 cm³/mol. The summed E-state index contributed by atoms with van der Waals surface area (Å²) in [5, 5.41) is 15.4. The van der Waals surface area contributed by atoms with Gasteiger partial charge in [0.2, 0.25) is 0 Å². The van der Waals surface area contributed by atoms with Crippen LogP contribution in [0.4, 0.5) is 0 Å². The first-order chi connectivity index (χ1) is 9.74. The van der Waals surface area contributed by atoms with Crippen molar-refractivity contribution < 1.29 is 9.84 Å². The number of fused-ring (bicyclic) bond motifs is 1. The maximum atomic E-state index is 9.41. The standard InChI is InChI=1S/C17H21NO2/c1-12(19)11-20-17-9-6-13-4-2-3-5-15(13)16(17)10-18-14-7-8-14/h2-6,9,12,14,18-19H,7-8,10-11H2,1H3. The molecule has 3 heteroatoms. The molecule has 0 bridgehead atoms. The fraction of sp³-hybridized carbons (Fsp3) is 0.412. The van der Waals surface area contributed by atoms with Crippen LogP contribution < -0.4 is 10.1 Å². The third kappa shape index (κ3) is 3.11. The number of benzene rings is 2. The van der Waals surface area contributed by atoms with Crippen molar-refractivity contribution in [1.82, 2.24) is 5.32 Å². The van der Waals surface area contributed by atoms with Gasteiger partial charge in [-0.15, -0.1) is 0 Å². The van der Waals surface area contributed by atoms with Crippen molar-refractivity contribution in [2.45, 2.75) is 38.5 Å². The first kappa shape index (κ1) is 13.4. The first-order valence-electron chi connectivity index (χ1n) is 7.29. The lowest BCUT2D eigenvalue weighted by Gasteiger charge is -2.15. The summed E-state index contributed by atoms with van der Waals surface area (Å²) in [5.41, 5.74) is 1.19. The Labute approximate surface area is 119 Å². The minimum Gasteiger partial charge on any atom is -0.491 e. The van der Waals surface area contributed by atoms with Gasteiger partial charge in [0.15, 0.2) is 0 Å². The van der Waals surface area contributed by atoms with E-state index in [1.807, 2.05) is 6.07 Å². The summed E-state index contributed by atoms with van der Waals surface area (Å²) in [6.07, 6.45) is 2.09. The summed E-state index contributed by atoms with van der Waals surface area (Å²) in [6.45, 7) is 2.89. The molecule has 0 spiro atoms. The molecule has 3 nitrogen and oxygen atoms in total. The fourth-order valence-electron chi connectivity index (χ4n) is 2.38. The third-order valence-electron chi connectivity index (χ3n) is 3.62.